The lowest BCUT2D eigenvalue weighted by atomic mass is 9.41. The molecule has 2 aliphatic heterocycles. The molecule has 4 aliphatic carbocycles. The van der Waals surface area contributed by atoms with E-state index in [1.54, 1.807) is 6.08 Å². The number of carbonyl (C=O) groups is 2. The van der Waals surface area contributed by atoms with Gasteiger partial charge in [-0.15, -0.1) is 0 Å². The van der Waals surface area contributed by atoms with Crippen molar-refractivity contribution in [2.24, 2.45) is 28.6 Å². The van der Waals surface area contributed by atoms with E-state index in [1.807, 2.05) is 0 Å². The van der Waals surface area contributed by atoms with Crippen LogP contribution in [0.4, 0.5) is 0 Å². The molecule has 10 atom stereocenters. The summed E-state index contributed by atoms with van der Waals surface area (Å²) in [4.78, 5) is 24.7. The summed E-state index contributed by atoms with van der Waals surface area (Å²) >= 11 is 0. The van der Waals surface area contributed by atoms with Gasteiger partial charge in [-0.3, -0.25) is 0 Å². The summed E-state index contributed by atoms with van der Waals surface area (Å²) in [7, 11) is 0. The van der Waals surface area contributed by atoms with Crippen molar-refractivity contribution in [3.63, 3.8) is 0 Å². The van der Waals surface area contributed by atoms with Crippen LogP contribution in [0.15, 0.2) is 11.6 Å². The third-order valence-corrected chi connectivity index (χ3v) is 11.6. The predicted molar refractivity (Wildman–Crippen MR) is 131 cm³/mol. The van der Waals surface area contributed by atoms with E-state index < -0.39 is 16.6 Å². The zero-order valence-electron chi connectivity index (χ0n) is 21.7. The van der Waals surface area contributed by atoms with Gasteiger partial charge >= 0.3 is 5.97 Å². The molecule has 0 bridgehead atoms. The molecule has 1 saturated heterocycles. The number of hydrogen-bond acceptors (Lipinski definition) is 7. The molecule has 0 spiro atoms. The summed E-state index contributed by atoms with van der Waals surface area (Å²) in [5.41, 5.74) is -2.23. The molecule has 0 aromatic heterocycles. The molecule has 6 aliphatic rings. The van der Waals surface area contributed by atoms with E-state index >= 15 is 0 Å². The largest absolute Gasteiger partial charge is 0.458 e. The number of carbonyl (C=O) groups excluding carboxylic acids is 2. The Bertz CT molecular complexity index is 948. The zero-order valence-corrected chi connectivity index (χ0v) is 21.7. The molecule has 5 fully saturated rings. The SMILES string of the molecule is CC1CCCC(OC2CCC3(C=O)C4CCC5(C)C(C6=CC(=O)OC6)CCC5(O)C4CCC3(O)C2)O1. The van der Waals surface area contributed by atoms with E-state index in [-0.39, 0.29) is 47.6 Å². The number of rotatable bonds is 4. The van der Waals surface area contributed by atoms with Crippen LogP contribution in [0.2, 0.25) is 0 Å². The predicted octanol–water partition coefficient (Wildman–Crippen LogP) is 3.84. The smallest absolute Gasteiger partial charge is 0.331 e. The van der Waals surface area contributed by atoms with E-state index in [1.165, 1.54) is 0 Å². The van der Waals surface area contributed by atoms with Crippen LogP contribution in [0, 0.1) is 28.6 Å². The van der Waals surface area contributed by atoms with Crippen molar-refractivity contribution in [2.75, 3.05) is 6.61 Å². The number of hydrogen-bond donors (Lipinski definition) is 2. The molecule has 0 radical (unpaired) electrons. The highest BCUT2D eigenvalue weighted by atomic mass is 16.7. The summed E-state index contributed by atoms with van der Waals surface area (Å²) in [5, 5.41) is 24.4. The van der Waals surface area contributed by atoms with Crippen LogP contribution in [0.1, 0.15) is 90.9 Å². The van der Waals surface area contributed by atoms with Crippen molar-refractivity contribution in [3.8, 4) is 0 Å². The van der Waals surface area contributed by atoms with Crippen molar-refractivity contribution in [1.29, 1.82) is 0 Å². The number of cyclic esters (lactones) is 1. The Balaban J connectivity index is 1.24. The topological polar surface area (TPSA) is 102 Å². The van der Waals surface area contributed by atoms with Crippen molar-refractivity contribution in [1.82, 2.24) is 0 Å². The second kappa shape index (κ2) is 8.62. The molecule has 2 heterocycles. The first-order valence-electron chi connectivity index (χ1n) is 14.2. The minimum atomic E-state index is -1.12. The van der Waals surface area contributed by atoms with Gasteiger partial charge in [-0.1, -0.05) is 6.92 Å². The first-order chi connectivity index (χ1) is 17.1. The number of ether oxygens (including phenoxy) is 3. The van der Waals surface area contributed by atoms with E-state index in [0.717, 1.165) is 56.8 Å². The molecule has 4 saturated carbocycles. The quantitative estimate of drug-likeness (QED) is 0.342. The fourth-order valence-corrected chi connectivity index (χ4v) is 9.72. The van der Waals surface area contributed by atoms with E-state index in [4.69, 9.17) is 14.2 Å². The Morgan fingerprint density at radius 3 is 2.56 bits per heavy atom. The van der Waals surface area contributed by atoms with Crippen LogP contribution < -0.4 is 0 Å². The molecule has 6 rings (SSSR count). The van der Waals surface area contributed by atoms with E-state index in [2.05, 4.69) is 13.8 Å². The summed E-state index contributed by atoms with van der Waals surface area (Å²) < 4.78 is 17.5. The third-order valence-electron chi connectivity index (χ3n) is 11.6. The van der Waals surface area contributed by atoms with Gasteiger partial charge in [0.25, 0.3) is 0 Å². The average molecular weight is 503 g/mol. The van der Waals surface area contributed by atoms with Crippen molar-refractivity contribution in [2.45, 2.75) is 121 Å². The first kappa shape index (κ1) is 25.0. The van der Waals surface area contributed by atoms with Crippen molar-refractivity contribution in [3.05, 3.63) is 11.6 Å². The Hall–Kier alpha value is -1.28. The molecule has 7 heteroatoms. The Kier molecular flexibility index (Phi) is 5.99. The maximum Gasteiger partial charge on any atom is 0.331 e. The van der Waals surface area contributed by atoms with Gasteiger partial charge in [0.2, 0.25) is 0 Å². The highest BCUT2D eigenvalue weighted by molar-refractivity contribution is 5.85. The molecule has 0 aromatic rings. The van der Waals surface area contributed by atoms with E-state index in [9.17, 15) is 19.8 Å². The van der Waals surface area contributed by atoms with Crippen LogP contribution in [0.25, 0.3) is 0 Å². The Morgan fingerprint density at radius 2 is 1.83 bits per heavy atom. The van der Waals surface area contributed by atoms with Gasteiger partial charge < -0.3 is 29.2 Å². The van der Waals surface area contributed by atoms with Crippen LogP contribution in [0.3, 0.4) is 0 Å². The van der Waals surface area contributed by atoms with Gasteiger partial charge in [0.1, 0.15) is 12.9 Å². The van der Waals surface area contributed by atoms with Gasteiger partial charge in [-0.25, -0.2) is 4.79 Å². The molecule has 7 nitrogen and oxygen atoms in total. The molecule has 2 N–H and O–H groups in total. The highest BCUT2D eigenvalue weighted by Gasteiger charge is 2.71. The van der Waals surface area contributed by atoms with Gasteiger partial charge in [0.15, 0.2) is 6.29 Å². The van der Waals surface area contributed by atoms with Crippen molar-refractivity contribution >= 4 is 12.3 Å². The summed E-state index contributed by atoms with van der Waals surface area (Å²) in [6.45, 7) is 4.58. The maximum atomic E-state index is 12.9. The number of aldehydes is 1. The molecule has 0 amide bonds. The zero-order chi connectivity index (χ0) is 25.3. The Labute approximate surface area is 213 Å². The summed E-state index contributed by atoms with van der Waals surface area (Å²) in [6.07, 6.45) is 11.6. The molecule has 10 unspecified atom stereocenters. The fourth-order valence-electron chi connectivity index (χ4n) is 9.72. The van der Waals surface area contributed by atoms with Gasteiger partial charge in [0.05, 0.1) is 28.8 Å². The number of fused-ring (bicyclic) bond motifs is 5. The lowest BCUT2D eigenvalue weighted by Gasteiger charge is -2.65. The van der Waals surface area contributed by atoms with Gasteiger partial charge in [0, 0.05) is 17.9 Å². The minimum absolute atomic E-state index is 0.0367. The lowest BCUT2D eigenvalue weighted by Crippen LogP contribution is -2.69. The van der Waals surface area contributed by atoms with E-state index in [0.29, 0.717) is 38.7 Å². The second-order valence-electron chi connectivity index (χ2n) is 13.0. The standard InChI is InChI=1S/C29H42O7/c1-18-4-3-5-25(35-18)36-20-6-11-27(17-30)22-7-10-26(2)21(19-14-24(31)34-16-19)9-13-29(26,33)23(22)8-12-28(27,32)15-20/h14,17-18,20-23,25,32-33H,3-13,15-16H2,1-2H3. The maximum absolute atomic E-state index is 12.9. The molecule has 36 heavy (non-hydrogen) atoms. The van der Waals surface area contributed by atoms with Crippen molar-refractivity contribution < 1.29 is 34.0 Å². The lowest BCUT2D eigenvalue weighted by molar-refractivity contribution is -0.269. The molecule has 0 aromatic carbocycles. The fraction of sp³-hybridized carbons (Fsp3) is 0.862. The van der Waals surface area contributed by atoms with Crippen LogP contribution in [-0.4, -0.2) is 58.8 Å². The summed E-state index contributed by atoms with van der Waals surface area (Å²) in [5.74, 6) is -0.254. The second-order valence-corrected chi connectivity index (χ2v) is 13.0. The normalized spacial score (nSPS) is 52.6. The third kappa shape index (κ3) is 3.45. The van der Waals surface area contributed by atoms with Crippen LogP contribution >= 0.6 is 0 Å². The average Bonchev–Trinajstić information content (AvgIpc) is 3.38. The number of esters is 1. The summed E-state index contributed by atoms with van der Waals surface area (Å²) in [6, 6.07) is 0. The molecular formula is C29H42O7. The van der Waals surface area contributed by atoms with Crippen LogP contribution in [0.5, 0.6) is 0 Å². The van der Waals surface area contributed by atoms with Crippen LogP contribution in [-0.2, 0) is 23.8 Å². The number of aliphatic hydroxyl groups is 2. The van der Waals surface area contributed by atoms with Gasteiger partial charge in [-0.05, 0) is 101 Å². The molecule has 200 valence electrons. The Morgan fingerprint density at radius 1 is 1.03 bits per heavy atom. The highest BCUT2D eigenvalue weighted by Crippen LogP contribution is 2.70. The minimum Gasteiger partial charge on any atom is -0.458 e. The monoisotopic (exact) mass is 502 g/mol. The van der Waals surface area contributed by atoms with Gasteiger partial charge in [-0.2, -0.15) is 0 Å². The molecular weight excluding hydrogens is 460 g/mol. The first-order valence-corrected chi connectivity index (χ1v) is 14.2.